The van der Waals surface area contributed by atoms with E-state index in [0.717, 1.165) is 38.8 Å². The first-order valence-electron chi connectivity index (χ1n) is 6.51. The third-order valence-electron chi connectivity index (χ3n) is 3.06. The highest BCUT2D eigenvalue weighted by atomic mass is 79.9. The summed E-state index contributed by atoms with van der Waals surface area (Å²) in [6.07, 6.45) is 1.94. The fourth-order valence-corrected chi connectivity index (χ4v) is 3.67. The molecule has 1 aromatic heterocycles. The standard InChI is InChI=1S/C15H16BrCl2NS/c1-2-5-19-14(11-8-15(16)20-9-11)7-10-6-12(17)3-4-13(10)18/h3-4,6,8-9,14,19H,2,5,7H2,1H3. The molecule has 1 unspecified atom stereocenters. The Hall–Kier alpha value is -0.0600. The molecule has 0 radical (unpaired) electrons. The van der Waals surface area contributed by atoms with Crippen molar-refractivity contribution in [2.45, 2.75) is 25.8 Å². The average Bonchev–Trinajstić information content (AvgIpc) is 2.85. The van der Waals surface area contributed by atoms with Gasteiger partial charge in [-0.25, -0.2) is 0 Å². The van der Waals surface area contributed by atoms with E-state index >= 15 is 0 Å². The van der Waals surface area contributed by atoms with Gasteiger partial charge in [0.1, 0.15) is 0 Å². The van der Waals surface area contributed by atoms with E-state index in [4.69, 9.17) is 23.2 Å². The van der Waals surface area contributed by atoms with Crippen molar-refractivity contribution in [3.05, 3.63) is 54.6 Å². The molecule has 0 aliphatic carbocycles. The van der Waals surface area contributed by atoms with E-state index < -0.39 is 0 Å². The maximum absolute atomic E-state index is 6.27. The Morgan fingerprint density at radius 3 is 2.75 bits per heavy atom. The molecule has 0 bridgehead atoms. The zero-order valence-electron chi connectivity index (χ0n) is 11.1. The third-order valence-corrected chi connectivity index (χ3v) is 5.19. The summed E-state index contributed by atoms with van der Waals surface area (Å²) >= 11 is 17.6. The van der Waals surface area contributed by atoms with E-state index in [2.05, 4.69) is 39.6 Å². The summed E-state index contributed by atoms with van der Waals surface area (Å²) < 4.78 is 1.15. The number of hydrogen-bond donors (Lipinski definition) is 1. The number of benzene rings is 1. The van der Waals surface area contributed by atoms with Crippen LogP contribution < -0.4 is 5.32 Å². The highest BCUT2D eigenvalue weighted by molar-refractivity contribution is 9.11. The lowest BCUT2D eigenvalue weighted by atomic mass is 10.0. The molecule has 0 aliphatic rings. The van der Waals surface area contributed by atoms with Crippen LogP contribution >= 0.6 is 50.5 Å². The normalized spacial score (nSPS) is 12.6. The topological polar surface area (TPSA) is 12.0 Å². The van der Waals surface area contributed by atoms with Crippen molar-refractivity contribution in [2.75, 3.05) is 6.54 Å². The first kappa shape index (κ1) is 16.3. The summed E-state index contributed by atoms with van der Waals surface area (Å²) in [5, 5.41) is 7.25. The second kappa shape index (κ2) is 7.81. The van der Waals surface area contributed by atoms with Gasteiger partial charge in [-0.15, -0.1) is 11.3 Å². The third kappa shape index (κ3) is 4.47. The predicted molar refractivity (Wildman–Crippen MR) is 93.2 cm³/mol. The molecular weight excluding hydrogens is 377 g/mol. The molecule has 0 amide bonds. The van der Waals surface area contributed by atoms with Gasteiger partial charge in [0.05, 0.1) is 3.79 Å². The summed E-state index contributed by atoms with van der Waals surface area (Å²) in [6, 6.07) is 8.05. The first-order chi connectivity index (χ1) is 9.60. The minimum atomic E-state index is 0.258. The Morgan fingerprint density at radius 1 is 1.30 bits per heavy atom. The summed E-state index contributed by atoms with van der Waals surface area (Å²) in [5.74, 6) is 0. The van der Waals surface area contributed by atoms with Crippen molar-refractivity contribution in [1.29, 1.82) is 0 Å². The number of rotatable bonds is 6. The van der Waals surface area contributed by atoms with E-state index in [0.29, 0.717) is 0 Å². The maximum atomic E-state index is 6.27. The Balaban J connectivity index is 2.21. The molecule has 1 N–H and O–H groups in total. The molecule has 5 heteroatoms. The van der Waals surface area contributed by atoms with E-state index in [1.165, 1.54) is 5.56 Å². The number of halogens is 3. The fourth-order valence-electron chi connectivity index (χ4n) is 2.05. The van der Waals surface area contributed by atoms with E-state index in [9.17, 15) is 0 Å². The number of hydrogen-bond acceptors (Lipinski definition) is 2. The first-order valence-corrected chi connectivity index (χ1v) is 8.94. The molecule has 0 spiro atoms. The fraction of sp³-hybridized carbons (Fsp3) is 0.333. The monoisotopic (exact) mass is 391 g/mol. The summed E-state index contributed by atoms with van der Waals surface area (Å²) in [5.41, 5.74) is 2.36. The second-order valence-corrected chi connectivity index (χ2v) is 7.76. The van der Waals surface area contributed by atoms with Gasteiger partial charge in [0, 0.05) is 16.1 Å². The minimum Gasteiger partial charge on any atom is -0.310 e. The molecule has 1 atom stereocenters. The molecule has 2 rings (SSSR count). The highest BCUT2D eigenvalue weighted by Gasteiger charge is 2.15. The highest BCUT2D eigenvalue weighted by Crippen LogP contribution is 2.30. The zero-order valence-corrected chi connectivity index (χ0v) is 15.0. The van der Waals surface area contributed by atoms with Crippen molar-refractivity contribution < 1.29 is 0 Å². The molecule has 0 aliphatic heterocycles. The van der Waals surface area contributed by atoms with Crippen molar-refractivity contribution in [3.8, 4) is 0 Å². The van der Waals surface area contributed by atoms with Crippen LogP contribution in [-0.4, -0.2) is 6.54 Å². The van der Waals surface area contributed by atoms with Gasteiger partial charge in [-0.1, -0.05) is 30.1 Å². The van der Waals surface area contributed by atoms with Crippen molar-refractivity contribution >= 4 is 50.5 Å². The lowest BCUT2D eigenvalue weighted by Gasteiger charge is -2.18. The smallest absolute Gasteiger partial charge is 0.0701 e. The van der Waals surface area contributed by atoms with Crippen molar-refractivity contribution in [3.63, 3.8) is 0 Å². The molecule has 1 nitrogen and oxygen atoms in total. The molecule has 1 aromatic carbocycles. The van der Waals surface area contributed by atoms with Crippen LogP contribution in [-0.2, 0) is 6.42 Å². The van der Waals surface area contributed by atoms with E-state index in [1.807, 2.05) is 18.2 Å². The molecule has 0 fully saturated rings. The van der Waals surface area contributed by atoms with Gasteiger partial charge in [0.25, 0.3) is 0 Å². The molecule has 0 saturated heterocycles. The Morgan fingerprint density at radius 2 is 2.10 bits per heavy atom. The molecular formula is C15H16BrCl2NS. The largest absolute Gasteiger partial charge is 0.310 e. The van der Waals surface area contributed by atoms with Gasteiger partial charge < -0.3 is 5.32 Å². The SMILES string of the molecule is CCCNC(Cc1cc(Cl)ccc1Cl)c1csc(Br)c1. The van der Waals surface area contributed by atoms with Gasteiger partial charge in [-0.3, -0.25) is 0 Å². The zero-order chi connectivity index (χ0) is 14.5. The van der Waals surface area contributed by atoms with Crippen LogP contribution in [0.25, 0.3) is 0 Å². The van der Waals surface area contributed by atoms with Crippen LogP contribution in [0.5, 0.6) is 0 Å². The molecule has 20 heavy (non-hydrogen) atoms. The summed E-state index contributed by atoms with van der Waals surface area (Å²) in [6.45, 7) is 3.15. The van der Waals surface area contributed by atoms with Gasteiger partial charge in [0.2, 0.25) is 0 Å². The van der Waals surface area contributed by atoms with Gasteiger partial charge in [-0.05, 0) is 76.1 Å². The van der Waals surface area contributed by atoms with Crippen LogP contribution in [0.2, 0.25) is 10.0 Å². The molecule has 108 valence electrons. The quantitative estimate of drug-likeness (QED) is 0.625. The summed E-state index contributed by atoms with van der Waals surface area (Å²) in [7, 11) is 0. The number of thiophene rings is 1. The van der Waals surface area contributed by atoms with Crippen LogP contribution in [0.3, 0.4) is 0 Å². The van der Waals surface area contributed by atoms with Crippen LogP contribution in [0.4, 0.5) is 0 Å². The van der Waals surface area contributed by atoms with Gasteiger partial charge in [0.15, 0.2) is 0 Å². The van der Waals surface area contributed by atoms with Gasteiger partial charge >= 0.3 is 0 Å². The van der Waals surface area contributed by atoms with Crippen molar-refractivity contribution in [1.82, 2.24) is 5.32 Å². The summed E-state index contributed by atoms with van der Waals surface area (Å²) in [4.78, 5) is 0. The second-order valence-electron chi connectivity index (χ2n) is 4.63. The van der Waals surface area contributed by atoms with Crippen LogP contribution in [0.1, 0.15) is 30.5 Å². The lowest BCUT2D eigenvalue weighted by Crippen LogP contribution is -2.23. The van der Waals surface area contributed by atoms with Gasteiger partial charge in [-0.2, -0.15) is 0 Å². The van der Waals surface area contributed by atoms with E-state index in [-0.39, 0.29) is 6.04 Å². The predicted octanol–water partition coefficient (Wildman–Crippen LogP) is 6.10. The van der Waals surface area contributed by atoms with E-state index in [1.54, 1.807) is 11.3 Å². The maximum Gasteiger partial charge on any atom is 0.0701 e. The Kier molecular flexibility index (Phi) is 6.37. The molecule has 0 saturated carbocycles. The molecule has 2 aromatic rings. The van der Waals surface area contributed by atoms with Crippen LogP contribution in [0, 0.1) is 0 Å². The average molecular weight is 393 g/mol. The van der Waals surface area contributed by atoms with Crippen molar-refractivity contribution in [2.24, 2.45) is 0 Å². The molecule has 1 heterocycles. The Bertz CT molecular complexity index is 571. The lowest BCUT2D eigenvalue weighted by molar-refractivity contribution is 0.530. The number of nitrogens with one attached hydrogen (secondary N) is 1. The minimum absolute atomic E-state index is 0.258. The Labute approximate surface area is 142 Å². The van der Waals surface area contributed by atoms with Crippen LogP contribution in [0.15, 0.2) is 33.4 Å².